The molecular formula is C13H20N4S. The maximum Gasteiger partial charge on any atom is 0.124 e. The van der Waals surface area contributed by atoms with Crippen molar-refractivity contribution in [2.45, 2.75) is 18.9 Å². The summed E-state index contributed by atoms with van der Waals surface area (Å²) in [6.45, 7) is 2.06. The van der Waals surface area contributed by atoms with Crippen LogP contribution in [0.3, 0.4) is 0 Å². The molecular weight excluding hydrogens is 244 g/mol. The fraction of sp³-hybridized carbons (Fsp3) is 0.538. The first-order valence-electron chi connectivity index (χ1n) is 6.26. The lowest BCUT2D eigenvalue weighted by Crippen LogP contribution is -2.42. The van der Waals surface area contributed by atoms with Gasteiger partial charge in [-0.3, -0.25) is 4.98 Å². The van der Waals surface area contributed by atoms with E-state index in [4.69, 9.17) is 18.0 Å². The molecule has 98 valence electrons. The van der Waals surface area contributed by atoms with Gasteiger partial charge in [0.2, 0.25) is 0 Å². The summed E-state index contributed by atoms with van der Waals surface area (Å²) >= 11 is 5.06. The fourth-order valence-corrected chi connectivity index (χ4v) is 2.62. The van der Waals surface area contributed by atoms with Crippen molar-refractivity contribution in [3.05, 3.63) is 24.0 Å². The maximum atomic E-state index is 5.73. The first-order chi connectivity index (χ1) is 8.59. The van der Waals surface area contributed by atoms with Crippen LogP contribution in [0.2, 0.25) is 0 Å². The number of rotatable bonds is 3. The standard InChI is InChI=1S/C13H20N4S/c1-16(2)10-5-8-17(9-6-10)11-4-3-7-15-12(11)13(14)18/h3-4,7,10H,5-6,8-9H2,1-2H3,(H2,14,18). The van der Waals surface area contributed by atoms with Gasteiger partial charge in [-0.1, -0.05) is 12.2 Å². The van der Waals surface area contributed by atoms with Crippen LogP contribution in [0.15, 0.2) is 18.3 Å². The summed E-state index contributed by atoms with van der Waals surface area (Å²) in [5.41, 5.74) is 7.55. The highest BCUT2D eigenvalue weighted by Gasteiger charge is 2.22. The van der Waals surface area contributed by atoms with E-state index in [0.717, 1.165) is 24.5 Å². The van der Waals surface area contributed by atoms with Gasteiger partial charge >= 0.3 is 0 Å². The zero-order valence-corrected chi connectivity index (χ0v) is 11.8. The van der Waals surface area contributed by atoms with Crippen molar-refractivity contribution >= 4 is 22.9 Å². The molecule has 1 saturated heterocycles. The van der Waals surface area contributed by atoms with Crippen molar-refractivity contribution in [1.29, 1.82) is 0 Å². The molecule has 2 N–H and O–H groups in total. The van der Waals surface area contributed by atoms with Gasteiger partial charge in [0.05, 0.1) is 5.69 Å². The molecule has 1 aromatic heterocycles. The molecule has 2 heterocycles. The first kappa shape index (κ1) is 13.2. The summed E-state index contributed by atoms with van der Waals surface area (Å²) in [6, 6.07) is 4.67. The Morgan fingerprint density at radius 1 is 1.44 bits per heavy atom. The number of nitrogens with zero attached hydrogens (tertiary/aromatic N) is 3. The third-order valence-electron chi connectivity index (χ3n) is 3.56. The summed E-state index contributed by atoms with van der Waals surface area (Å²) < 4.78 is 0. The number of nitrogens with two attached hydrogens (primary N) is 1. The Balaban J connectivity index is 2.12. The molecule has 5 heteroatoms. The normalized spacial score (nSPS) is 17.2. The number of hydrogen-bond donors (Lipinski definition) is 1. The second-order valence-corrected chi connectivity index (χ2v) is 5.36. The third-order valence-corrected chi connectivity index (χ3v) is 3.75. The quantitative estimate of drug-likeness (QED) is 0.832. The average molecular weight is 264 g/mol. The van der Waals surface area contributed by atoms with E-state index in [1.807, 2.05) is 6.07 Å². The fourth-order valence-electron chi connectivity index (χ4n) is 2.46. The molecule has 0 bridgehead atoms. The predicted octanol–water partition coefficient (Wildman–Crippen LogP) is 1.25. The van der Waals surface area contributed by atoms with Crippen LogP contribution in [0.5, 0.6) is 0 Å². The molecule has 0 spiro atoms. The topological polar surface area (TPSA) is 45.4 Å². The number of thiocarbonyl (C=S) groups is 1. The summed E-state index contributed by atoms with van der Waals surface area (Å²) in [4.78, 5) is 9.30. The molecule has 0 amide bonds. The summed E-state index contributed by atoms with van der Waals surface area (Å²) in [5, 5.41) is 0. The summed E-state index contributed by atoms with van der Waals surface area (Å²) in [7, 11) is 4.29. The van der Waals surface area contributed by atoms with Crippen molar-refractivity contribution in [3.8, 4) is 0 Å². The molecule has 4 nitrogen and oxygen atoms in total. The highest BCUT2D eigenvalue weighted by molar-refractivity contribution is 7.80. The van der Waals surface area contributed by atoms with E-state index in [-0.39, 0.29) is 0 Å². The van der Waals surface area contributed by atoms with Crippen LogP contribution >= 0.6 is 12.2 Å². The van der Waals surface area contributed by atoms with Crippen LogP contribution in [0, 0.1) is 0 Å². The van der Waals surface area contributed by atoms with Crippen molar-refractivity contribution in [3.63, 3.8) is 0 Å². The van der Waals surface area contributed by atoms with Crippen LogP contribution in [0.4, 0.5) is 5.69 Å². The molecule has 0 aliphatic carbocycles. The molecule has 1 aliphatic rings. The Kier molecular flexibility index (Phi) is 4.14. The lowest BCUT2D eigenvalue weighted by atomic mass is 10.0. The minimum Gasteiger partial charge on any atom is -0.388 e. The third kappa shape index (κ3) is 2.79. The Morgan fingerprint density at radius 2 is 2.11 bits per heavy atom. The van der Waals surface area contributed by atoms with Gasteiger partial charge in [-0.05, 0) is 39.1 Å². The second-order valence-electron chi connectivity index (χ2n) is 4.92. The lowest BCUT2D eigenvalue weighted by molar-refractivity contribution is 0.249. The molecule has 0 aromatic carbocycles. The van der Waals surface area contributed by atoms with Gasteiger partial charge in [0.15, 0.2) is 0 Å². The molecule has 2 rings (SSSR count). The molecule has 1 aliphatic heterocycles. The molecule has 0 radical (unpaired) electrons. The molecule has 0 unspecified atom stereocenters. The lowest BCUT2D eigenvalue weighted by Gasteiger charge is -2.36. The SMILES string of the molecule is CN(C)C1CCN(c2cccnc2C(N)=S)CC1. The van der Waals surface area contributed by atoms with Gasteiger partial charge in [-0.2, -0.15) is 0 Å². The van der Waals surface area contributed by atoms with Crippen LogP contribution in [0.1, 0.15) is 18.5 Å². The minimum absolute atomic E-state index is 0.375. The Bertz CT molecular complexity index is 425. The Morgan fingerprint density at radius 3 is 2.67 bits per heavy atom. The predicted molar refractivity (Wildman–Crippen MR) is 79.0 cm³/mol. The van der Waals surface area contributed by atoms with Gasteiger partial charge < -0.3 is 15.5 Å². The molecule has 0 atom stereocenters. The first-order valence-corrected chi connectivity index (χ1v) is 6.66. The molecule has 18 heavy (non-hydrogen) atoms. The van der Waals surface area contributed by atoms with Gasteiger partial charge in [0.25, 0.3) is 0 Å². The van der Waals surface area contributed by atoms with E-state index >= 15 is 0 Å². The second kappa shape index (κ2) is 5.63. The van der Waals surface area contributed by atoms with E-state index < -0.39 is 0 Å². The van der Waals surface area contributed by atoms with Gasteiger partial charge in [0.1, 0.15) is 10.7 Å². The number of aromatic nitrogens is 1. The van der Waals surface area contributed by atoms with E-state index in [0.29, 0.717) is 11.0 Å². The van der Waals surface area contributed by atoms with Crippen LogP contribution in [0.25, 0.3) is 0 Å². The van der Waals surface area contributed by atoms with Crippen LogP contribution in [-0.4, -0.2) is 48.1 Å². The van der Waals surface area contributed by atoms with Crippen LogP contribution < -0.4 is 10.6 Å². The number of anilines is 1. The van der Waals surface area contributed by atoms with Gasteiger partial charge in [-0.25, -0.2) is 0 Å². The summed E-state index contributed by atoms with van der Waals surface area (Å²) in [6.07, 6.45) is 4.07. The monoisotopic (exact) mass is 264 g/mol. The van der Waals surface area contributed by atoms with Gasteiger partial charge in [0, 0.05) is 25.3 Å². The van der Waals surface area contributed by atoms with E-state index in [2.05, 4.69) is 34.9 Å². The van der Waals surface area contributed by atoms with Crippen molar-refractivity contribution in [1.82, 2.24) is 9.88 Å². The summed E-state index contributed by atoms with van der Waals surface area (Å²) in [5.74, 6) is 0. The van der Waals surface area contributed by atoms with E-state index in [1.54, 1.807) is 6.20 Å². The number of hydrogen-bond acceptors (Lipinski definition) is 4. The zero-order chi connectivity index (χ0) is 13.1. The number of pyridine rings is 1. The molecule has 0 saturated carbocycles. The number of piperidine rings is 1. The molecule has 1 fully saturated rings. The minimum atomic E-state index is 0.375. The average Bonchev–Trinajstić information content (AvgIpc) is 2.39. The smallest absolute Gasteiger partial charge is 0.124 e. The van der Waals surface area contributed by atoms with Crippen molar-refractivity contribution in [2.24, 2.45) is 5.73 Å². The molecule has 1 aromatic rings. The van der Waals surface area contributed by atoms with Gasteiger partial charge in [-0.15, -0.1) is 0 Å². The maximum absolute atomic E-state index is 5.73. The Hall–Kier alpha value is -1.20. The van der Waals surface area contributed by atoms with Crippen molar-refractivity contribution < 1.29 is 0 Å². The largest absolute Gasteiger partial charge is 0.388 e. The highest BCUT2D eigenvalue weighted by atomic mass is 32.1. The zero-order valence-electron chi connectivity index (χ0n) is 11.0. The van der Waals surface area contributed by atoms with Crippen molar-refractivity contribution in [2.75, 3.05) is 32.1 Å². The van der Waals surface area contributed by atoms with E-state index in [1.165, 1.54) is 12.8 Å². The Labute approximate surface area is 114 Å². The van der Waals surface area contributed by atoms with Crippen LogP contribution in [-0.2, 0) is 0 Å². The van der Waals surface area contributed by atoms with E-state index in [9.17, 15) is 0 Å². The highest BCUT2D eigenvalue weighted by Crippen LogP contribution is 2.23.